The number of anilines is 1. The fourth-order valence-corrected chi connectivity index (χ4v) is 3.30. The molecule has 4 rings (SSSR count). The number of pyridine rings is 1. The largest absolute Gasteiger partial charge is 0.339 e. The zero-order chi connectivity index (χ0) is 18.8. The quantitative estimate of drug-likeness (QED) is 0.767. The number of benzene rings is 1. The van der Waals surface area contributed by atoms with Crippen LogP contribution in [0.4, 0.5) is 10.5 Å². The minimum Gasteiger partial charge on any atom is -0.339 e. The summed E-state index contributed by atoms with van der Waals surface area (Å²) < 4.78 is 5.49. The number of hydrogen-bond donors (Lipinski definition) is 1. The molecule has 138 valence electrons. The summed E-state index contributed by atoms with van der Waals surface area (Å²) in [6.45, 7) is 5.31. The number of nitrogens with zero attached hydrogens (tertiary/aromatic N) is 4. The number of likely N-dealkylation sites (tertiary alicyclic amines) is 1. The highest BCUT2D eigenvalue weighted by Crippen LogP contribution is 2.32. The first kappa shape index (κ1) is 17.2. The van der Waals surface area contributed by atoms with Crippen molar-refractivity contribution < 1.29 is 9.32 Å². The number of nitrogens with one attached hydrogen (secondary N) is 1. The Kier molecular flexibility index (Phi) is 4.58. The van der Waals surface area contributed by atoms with Gasteiger partial charge in [-0.05, 0) is 37.1 Å². The van der Waals surface area contributed by atoms with Gasteiger partial charge in [0.1, 0.15) is 0 Å². The maximum absolute atomic E-state index is 12.6. The van der Waals surface area contributed by atoms with Gasteiger partial charge in [0.25, 0.3) is 0 Å². The fourth-order valence-electron chi connectivity index (χ4n) is 3.30. The van der Waals surface area contributed by atoms with Gasteiger partial charge in [0, 0.05) is 36.7 Å². The number of aromatic nitrogens is 3. The Morgan fingerprint density at radius 1 is 1.15 bits per heavy atom. The molecular weight excluding hydrogens is 342 g/mol. The smallest absolute Gasteiger partial charge is 0.321 e. The van der Waals surface area contributed by atoms with Gasteiger partial charge < -0.3 is 14.7 Å². The average molecular weight is 363 g/mol. The number of amides is 2. The summed E-state index contributed by atoms with van der Waals surface area (Å²) in [6, 6.07) is 11.3. The Hall–Kier alpha value is -3.22. The van der Waals surface area contributed by atoms with Crippen molar-refractivity contribution in [1.29, 1.82) is 0 Å². The van der Waals surface area contributed by atoms with E-state index in [1.54, 1.807) is 17.3 Å². The lowest BCUT2D eigenvalue weighted by molar-refractivity contribution is 0.220. The molecule has 3 heterocycles. The maximum Gasteiger partial charge on any atom is 0.321 e. The van der Waals surface area contributed by atoms with Gasteiger partial charge in [-0.2, -0.15) is 4.98 Å². The molecule has 0 bridgehead atoms. The van der Waals surface area contributed by atoms with Crippen molar-refractivity contribution in [2.24, 2.45) is 5.92 Å². The molecule has 1 N–H and O–H groups in total. The van der Waals surface area contributed by atoms with E-state index in [-0.39, 0.29) is 17.9 Å². The predicted octanol–water partition coefficient (Wildman–Crippen LogP) is 3.71. The molecule has 1 aliphatic heterocycles. The van der Waals surface area contributed by atoms with E-state index in [4.69, 9.17) is 4.52 Å². The van der Waals surface area contributed by atoms with Crippen molar-refractivity contribution in [2.45, 2.75) is 19.8 Å². The molecular formula is C20H21N5O2. The molecule has 1 saturated heterocycles. The highest BCUT2D eigenvalue weighted by molar-refractivity contribution is 5.89. The topological polar surface area (TPSA) is 84.2 Å². The summed E-state index contributed by atoms with van der Waals surface area (Å²) in [6.07, 6.45) is 3.39. The van der Waals surface area contributed by atoms with E-state index in [1.807, 2.05) is 43.3 Å². The van der Waals surface area contributed by atoms with Gasteiger partial charge in [0.15, 0.2) is 0 Å². The number of aryl methyl sites for hydroxylation is 1. The van der Waals surface area contributed by atoms with Gasteiger partial charge in [-0.3, -0.25) is 4.98 Å². The van der Waals surface area contributed by atoms with Gasteiger partial charge in [-0.1, -0.05) is 29.8 Å². The minimum atomic E-state index is -0.109. The molecule has 0 saturated carbocycles. The fraction of sp³-hybridized carbons (Fsp3) is 0.300. The Bertz CT molecular complexity index is 923. The summed E-state index contributed by atoms with van der Waals surface area (Å²) in [5, 5.41) is 7.03. The summed E-state index contributed by atoms with van der Waals surface area (Å²) >= 11 is 0. The normalized spacial score (nSPS) is 19.3. The monoisotopic (exact) mass is 363 g/mol. The van der Waals surface area contributed by atoms with E-state index < -0.39 is 0 Å². The summed E-state index contributed by atoms with van der Waals surface area (Å²) in [7, 11) is 0. The first-order valence-electron chi connectivity index (χ1n) is 8.97. The standard InChI is InChI=1S/C20H21N5O2/c1-13-3-5-16(6-4-13)22-20(26)25-11-14(2)17(12-25)19-23-18(24-27-19)15-7-9-21-10-8-15/h3-10,14,17H,11-12H2,1-2H3,(H,22,26). The number of urea groups is 1. The van der Waals surface area contributed by atoms with Crippen LogP contribution in [0.5, 0.6) is 0 Å². The second-order valence-electron chi connectivity index (χ2n) is 6.98. The second kappa shape index (κ2) is 7.19. The van der Waals surface area contributed by atoms with E-state index in [9.17, 15) is 4.79 Å². The molecule has 2 amide bonds. The zero-order valence-corrected chi connectivity index (χ0v) is 15.3. The van der Waals surface area contributed by atoms with Crippen molar-refractivity contribution >= 4 is 11.7 Å². The third kappa shape index (κ3) is 3.67. The van der Waals surface area contributed by atoms with E-state index in [0.29, 0.717) is 24.8 Å². The van der Waals surface area contributed by atoms with Crippen LogP contribution in [0.15, 0.2) is 53.3 Å². The molecule has 7 heteroatoms. The van der Waals surface area contributed by atoms with Crippen LogP contribution in [0.3, 0.4) is 0 Å². The van der Waals surface area contributed by atoms with Crippen molar-refractivity contribution in [3.05, 3.63) is 60.2 Å². The van der Waals surface area contributed by atoms with Crippen LogP contribution >= 0.6 is 0 Å². The third-order valence-electron chi connectivity index (χ3n) is 4.90. The van der Waals surface area contributed by atoms with Gasteiger partial charge in [0.05, 0.1) is 5.92 Å². The molecule has 7 nitrogen and oxygen atoms in total. The predicted molar refractivity (Wildman–Crippen MR) is 101 cm³/mol. The molecule has 0 spiro atoms. The van der Waals surface area contributed by atoms with Crippen LogP contribution in [0.1, 0.15) is 24.3 Å². The summed E-state index contributed by atoms with van der Waals surface area (Å²) in [4.78, 5) is 22.9. The van der Waals surface area contributed by atoms with Crippen LogP contribution in [0, 0.1) is 12.8 Å². The van der Waals surface area contributed by atoms with Crippen molar-refractivity contribution in [3.8, 4) is 11.4 Å². The lowest BCUT2D eigenvalue weighted by atomic mass is 9.98. The lowest BCUT2D eigenvalue weighted by Gasteiger charge is -2.17. The molecule has 3 aromatic rings. The minimum absolute atomic E-state index is 0.0249. The Balaban J connectivity index is 1.44. The van der Waals surface area contributed by atoms with Gasteiger partial charge in [0.2, 0.25) is 11.7 Å². The number of rotatable bonds is 3. The first-order valence-corrected chi connectivity index (χ1v) is 8.97. The van der Waals surface area contributed by atoms with Crippen molar-refractivity contribution in [3.63, 3.8) is 0 Å². The number of carbonyl (C=O) groups is 1. The van der Waals surface area contributed by atoms with E-state index in [2.05, 4.69) is 27.4 Å². The highest BCUT2D eigenvalue weighted by Gasteiger charge is 2.37. The first-order chi connectivity index (χ1) is 13.1. The number of hydrogen-bond acceptors (Lipinski definition) is 5. The second-order valence-corrected chi connectivity index (χ2v) is 6.98. The van der Waals surface area contributed by atoms with E-state index in [0.717, 1.165) is 16.8 Å². The van der Waals surface area contributed by atoms with Crippen molar-refractivity contribution in [2.75, 3.05) is 18.4 Å². The zero-order valence-electron chi connectivity index (χ0n) is 15.3. The molecule has 0 radical (unpaired) electrons. The number of carbonyl (C=O) groups excluding carboxylic acids is 1. The molecule has 27 heavy (non-hydrogen) atoms. The molecule has 0 aliphatic carbocycles. The summed E-state index contributed by atoms with van der Waals surface area (Å²) in [5.41, 5.74) is 2.81. The molecule has 1 aromatic carbocycles. The molecule has 1 aliphatic rings. The van der Waals surface area contributed by atoms with Gasteiger partial charge in [-0.25, -0.2) is 4.79 Å². The third-order valence-corrected chi connectivity index (χ3v) is 4.90. The van der Waals surface area contributed by atoms with Gasteiger partial charge >= 0.3 is 6.03 Å². The average Bonchev–Trinajstić information content (AvgIpc) is 3.31. The molecule has 2 aromatic heterocycles. The lowest BCUT2D eigenvalue weighted by Crippen LogP contribution is -2.33. The van der Waals surface area contributed by atoms with E-state index >= 15 is 0 Å². The Labute approximate surface area is 157 Å². The Morgan fingerprint density at radius 3 is 2.63 bits per heavy atom. The summed E-state index contributed by atoms with van der Waals surface area (Å²) in [5.74, 6) is 1.37. The maximum atomic E-state index is 12.6. The van der Waals surface area contributed by atoms with Gasteiger partial charge in [-0.15, -0.1) is 0 Å². The highest BCUT2D eigenvalue weighted by atomic mass is 16.5. The van der Waals surface area contributed by atoms with E-state index in [1.165, 1.54) is 0 Å². The van der Waals surface area contributed by atoms with Crippen molar-refractivity contribution in [1.82, 2.24) is 20.0 Å². The molecule has 2 unspecified atom stereocenters. The molecule has 1 fully saturated rings. The van der Waals surface area contributed by atoms with Crippen LogP contribution < -0.4 is 5.32 Å². The van der Waals surface area contributed by atoms with Crippen LogP contribution in [0.2, 0.25) is 0 Å². The Morgan fingerprint density at radius 2 is 1.89 bits per heavy atom. The SMILES string of the molecule is Cc1ccc(NC(=O)N2CC(C)C(c3nc(-c4ccncc4)no3)C2)cc1. The van der Waals surface area contributed by atoms with Crippen LogP contribution in [-0.2, 0) is 0 Å². The van der Waals surface area contributed by atoms with Crippen LogP contribution in [0.25, 0.3) is 11.4 Å². The molecule has 2 atom stereocenters. The van der Waals surface area contributed by atoms with Crippen LogP contribution in [-0.4, -0.2) is 39.1 Å².